The molecule has 0 bridgehead atoms. The molecule has 60 valence electrons. The van der Waals surface area contributed by atoms with Crippen LogP contribution in [0.2, 0.25) is 0 Å². The van der Waals surface area contributed by atoms with Crippen molar-refractivity contribution >= 4 is 0 Å². The Kier molecular flexibility index (Phi) is 1.63. The third kappa shape index (κ3) is 1.40. The minimum absolute atomic E-state index is 0.984. The molecule has 1 fully saturated rings. The van der Waals surface area contributed by atoms with E-state index in [4.69, 9.17) is 0 Å². The highest BCUT2D eigenvalue weighted by molar-refractivity contribution is 5.33. The largest absolute Gasteiger partial charge is 0.0701 e. The Balaban J connectivity index is 2.18. The van der Waals surface area contributed by atoms with Gasteiger partial charge in [-0.15, -0.1) is 0 Å². The molecule has 0 heterocycles. The highest BCUT2D eigenvalue weighted by atomic mass is 14.3. The fourth-order valence-electron chi connectivity index (χ4n) is 1.78. The summed E-state index contributed by atoms with van der Waals surface area (Å²) in [4.78, 5) is 0. The summed E-state index contributed by atoms with van der Waals surface area (Å²) in [6, 6.07) is 0. The normalized spacial score (nSPS) is 25.5. The Labute approximate surface area is 69.0 Å². The van der Waals surface area contributed by atoms with Crippen molar-refractivity contribution in [3.8, 4) is 0 Å². The van der Waals surface area contributed by atoms with E-state index >= 15 is 0 Å². The van der Waals surface area contributed by atoms with Gasteiger partial charge in [0, 0.05) is 0 Å². The minimum Gasteiger partial charge on any atom is -0.0701 e. The van der Waals surface area contributed by atoms with E-state index in [9.17, 15) is 0 Å². The molecular weight excluding hydrogens is 132 g/mol. The summed E-state index contributed by atoms with van der Waals surface area (Å²) >= 11 is 0. The third-order valence-electron chi connectivity index (χ3n) is 2.97. The highest BCUT2D eigenvalue weighted by Gasteiger charge is 2.26. The second-order valence-corrected chi connectivity index (χ2v) is 3.96. The molecule has 0 amide bonds. The van der Waals surface area contributed by atoms with Gasteiger partial charge in [0.2, 0.25) is 0 Å². The Morgan fingerprint density at radius 3 is 2.45 bits per heavy atom. The molecule has 0 nitrogen and oxygen atoms in total. The van der Waals surface area contributed by atoms with Crippen molar-refractivity contribution in [2.45, 2.75) is 39.5 Å². The predicted octanol–water partition coefficient (Wildman–Crippen LogP) is 3.45. The average molecular weight is 148 g/mol. The fourth-order valence-corrected chi connectivity index (χ4v) is 1.78. The fraction of sp³-hybridized carbons (Fsp3) is 0.636. The Hall–Kier alpha value is -0.520. The lowest BCUT2D eigenvalue weighted by atomic mass is 9.92. The number of rotatable bonds is 1. The topological polar surface area (TPSA) is 0 Å². The van der Waals surface area contributed by atoms with Gasteiger partial charge in [-0.3, -0.25) is 0 Å². The third-order valence-corrected chi connectivity index (χ3v) is 2.97. The van der Waals surface area contributed by atoms with E-state index in [1.807, 2.05) is 0 Å². The van der Waals surface area contributed by atoms with Gasteiger partial charge in [-0.05, 0) is 45.4 Å². The molecule has 2 aliphatic rings. The number of allylic oxidation sites excluding steroid dienone is 4. The van der Waals surface area contributed by atoms with Gasteiger partial charge >= 0.3 is 0 Å². The molecule has 1 saturated carbocycles. The molecule has 2 rings (SSSR count). The Bertz CT molecular complexity index is 226. The Morgan fingerprint density at radius 2 is 1.91 bits per heavy atom. The molecule has 0 saturated heterocycles. The first-order valence-electron chi connectivity index (χ1n) is 4.64. The van der Waals surface area contributed by atoms with Crippen LogP contribution in [0.5, 0.6) is 0 Å². The standard InChI is InChI=1S/C11H16/c1-8-3-4-11(7-9(8)2)10-5-6-10/h7,10H,3-6H2,1-2H3. The Morgan fingerprint density at radius 1 is 1.18 bits per heavy atom. The lowest BCUT2D eigenvalue weighted by Crippen LogP contribution is -1.96. The van der Waals surface area contributed by atoms with Crippen LogP contribution < -0.4 is 0 Å². The summed E-state index contributed by atoms with van der Waals surface area (Å²) in [6.45, 7) is 4.51. The van der Waals surface area contributed by atoms with E-state index in [2.05, 4.69) is 19.9 Å². The van der Waals surface area contributed by atoms with Crippen LogP contribution in [0.25, 0.3) is 0 Å². The maximum atomic E-state index is 2.43. The maximum Gasteiger partial charge on any atom is -0.0199 e. The first-order chi connectivity index (χ1) is 5.27. The molecular formula is C11H16. The van der Waals surface area contributed by atoms with Crippen LogP contribution in [-0.2, 0) is 0 Å². The zero-order valence-electron chi connectivity index (χ0n) is 7.48. The molecule has 11 heavy (non-hydrogen) atoms. The minimum atomic E-state index is 0.984. The van der Waals surface area contributed by atoms with Crippen LogP contribution in [0.1, 0.15) is 39.5 Å². The van der Waals surface area contributed by atoms with E-state index in [0.29, 0.717) is 0 Å². The average Bonchev–Trinajstić information content (AvgIpc) is 2.77. The van der Waals surface area contributed by atoms with Gasteiger partial charge in [0.05, 0.1) is 0 Å². The second-order valence-electron chi connectivity index (χ2n) is 3.96. The molecule has 0 spiro atoms. The van der Waals surface area contributed by atoms with Crippen LogP contribution in [0.15, 0.2) is 22.8 Å². The highest BCUT2D eigenvalue weighted by Crippen LogP contribution is 2.41. The van der Waals surface area contributed by atoms with Crippen LogP contribution in [-0.4, -0.2) is 0 Å². The van der Waals surface area contributed by atoms with Crippen LogP contribution >= 0.6 is 0 Å². The van der Waals surface area contributed by atoms with Gasteiger partial charge in [-0.1, -0.05) is 22.8 Å². The van der Waals surface area contributed by atoms with Crippen LogP contribution in [0.4, 0.5) is 0 Å². The molecule has 2 aliphatic carbocycles. The van der Waals surface area contributed by atoms with Crippen molar-refractivity contribution in [2.24, 2.45) is 5.92 Å². The van der Waals surface area contributed by atoms with Crippen molar-refractivity contribution in [3.63, 3.8) is 0 Å². The molecule has 0 atom stereocenters. The van der Waals surface area contributed by atoms with Gasteiger partial charge in [0.25, 0.3) is 0 Å². The van der Waals surface area contributed by atoms with Crippen molar-refractivity contribution in [1.82, 2.24) is 0 Å². The molecule has 0 N–H and O–H groups in total. The monoisotopic (exact) mass is 148 g/mol. The number of hydrogen-bond donors (Lipinski definition) is 0. The summed E-state index contributed by atoms with van der Waals surface area (Å²) in [5.41, 5.74) is 4.85. The van der Waals surface area contributed by atoms with Crippen molar-refractivity contribution < 1.29 is 0 Å². The van der Waals surface area contributed by atoms with Crippen molar-refractivity contribution in [1.29, 1.82) is 0 Å². The molecule has 0 aromatic rings. The lowest BCUT2D eigenvalue weighted by Gasteiger charge is -2.14. The van der Waals surface area contributed by atoms with Crippen molar-refractivity contribution in [3.05, 3.63) is 22.8 Å². The maximum absolute atomic E-state index is 2.43. The van der Waals surface area contributed by atoms with Gasteiger partial charge in [0.15, 0.2) is 0 Å². The molecule has 0 aromatic heterocycles. The summed E-state index contributed by atoms with van der Waals surface area (Å²) in [5, 5.41) is 0. The molecule has 0 radical (unpaired) electrons. The lowest BCUT2D eigenvalue weighted by molar-refractivity contribution is 0.809. The van der Waals surface area contributed by atoms with Gasteiger partial charge in [0.1, 0.15) is 0 Å². The van der Waals surface area contributed by atoms with E-state index in [1.54, 1.807) is 11.1 Å². The predicted molar refractivity (Wildman–Crippen MR) is 48.4 cm³/mol. The summed E-state index contributed by atoms with van der Waals surface area (Å²) < 4.78 is 0. The van der Waals surface area contributed by atoms with E-state index in [1.165, 1.54) is 31.3 Å². The van der Waals surface area contributed by atoms with E-state index in [-0.39, 0.29) is 0 Å². The van der Waals surface area contributed by atoms with Gasteiger partial charge in [-0.25, -0.2) is 0 Å². The molecule has 0 aromatic carbocycles. The number of hydrogen-bond acceptors (Lipinski definition) is 0. The van der Waals surface area contributed by atoms with Crippen molar-refractivity contribution in [2.75, 3.05) is 0 Å². The first kappa shape index (κ1) is 7.15. The SMILES string of the molecule is CC1=C(C)CCC(C2CC2)=C1. The first-order valence-corrected chi connectivity index (χ1v) is 4.64. The molecule has 0 aliphatic heterocycles. The van der Waals surface area contributed by atoms with Crippen LogP contribution in [0.3, 0.4) is 0 Å². The van der Waals surface area contributed by atoms with Crippen LogP contribution in [0, 0.1) is 5.92 Å². The zero-order valence-corrected chi connectivity index (χ0v) is 7.48. The quantitative estimate of drug-likeness (QED) is 0.534. The summed E-state index contributed by atoms with van der Waals surface area (Å²) in [6.07, 6.45) is 7.99. The van der Waals surface area contributed by atoms with E-state index in [0.717, 1.165) is 5.92 Å². The summed E-state index contributed by atoms with van der Waals surface area (Å²) in [5.74, 6) is 0.984. The second kappa shape index (κ2) is 2.51. The zero-order chi connectivity index (χ0) is 7.84. The van der Waals surface area contributed by atoms with Gasteiger partial charge in [-0.2, -0.15) is 0 Å². The van der Waals surface area contributed by atoms with E-state index < -0.39 is 0 Å². The van der Waals surface area contributed by atoms with Gasteiger partial charge < -0.3 is 0 Å². The molecule has 0 unspecified atom stereocenters. The molecule has 0 heteroatoms. The smallest absolute Gasteiger partial charge is 0.0199 e. The summed E-state index contributed by atoms with van der Waals surface area (Å²) in [7, 11) is 0.